The summed E-state index contributed by atoms with van der Waals surface area (Å²) in [5, 5.41) is 21.5. The summed E-state index contributed by atoms with van der Waals surface area (Å²) >= 11 is 0. The van der Waals surface area contributed by atoms with Crippen LogP contribution in [0.15, 0.2) is 11.6 Å². The molecule has 2 N–H and O–H groups in total. The summed E-state index contributed by atoms with van der Waals surface area (Å²) in [5.74, 6) is -0.778. The zero-order valence-electron chi connectivity index (χ0n) is 19.9. The van der Waals surface area contributed by atoms with Gasteiger partial charge in [0.25, 0.3) is 0 Å². The Morgan fingerprint density at radius 1 is 1.17 bits per heavy atom. The number of hydrogen-bond donors (Lipinski definition) is 2. The van der Waals surface area contributed by atoms with Crippen LogP contribution in [-0.4, -0.2) is 40.3 Å². The molecular weight excluding hydrogens is 380 g/mol. The lowest BCUT2D eigenvalue weighted by Gasteiger charge is -2.34. The largest absolute Gasteiger partial charge is 0.458 e. The van der Waals surface area contributed by atoms with Gasteiger partial charge in [-0.1, -0.05) is 47.1 Å². The Bertz CT molecular complexity index is 666. The predicted octanol–water partition coefficient (Wildman–Crippen LogP) is 4.44. The molecule has 5 nitrogen and oxygen atoms in total. The lowest BCUT2D eigenvalue weighted by atomic mass is 9.73. The fraction of sp³-hybridized carbons (Fsp3) is 0.840. The molecule has 0 aromatic heterocycles. The fourth-order valence-corrected chi connectivity index (χ4v) is 4.97. The van der Waals surface area contributed by atoms with E-state index in [9.17, 15) is 19.8 Å². The second-order valence-electron chi connectivity index (χ2n) is 10.8. The van der Waals surface area contributed by atoms with Gasteiger partial charge in [-0.05, 0) is 62.4 Å². The Kier molecular flexibility index (Phi) is 7.95. The number of hydrogen-bond acceptors (Lipinski definition) is 5. The smallest absolute Gasteiger partial charge is 0.309 e. The molecular formula is C25H42O5. The number of esters is 1. The topological polar surface area (TPSA) is 83.8 Å². The average Bonchev–Trinajstić information content (AvgIpc) is 3.32. The second kappa shape index (κ2) is 9.52. The molecule has 0 amide bonds. The first-order chi connectivity index (χ1) is 13.8. The number of ether oxygens (including phenoxy) is 1. The molecule has 1 saturated heterocycles. The molecule has 1 heterocycles. The molecule has 1 saturated carbocycles. The van der Waals surface area contributed by atoms with Gasteiger partial charge < -0.3 is 14.9 Å². The molecule has 7 atom stereocenters. The van der Waals surface area contributed by atoms with Crippen LogP contribution in [0.5, 0.6) is 0 Å². The maximum absolute atomic E-state index is 13.1. The van der Waals surface area contributed by atoms with Crippen LogP contribution in [0.1, 0.15) is 87.0 Å². The molecule has 2 rings (SSSR count). The number of ketones is 1. The van der Waals surface area contributed by atoms with Gasteiger partial charge in [0.05, 0.1) is 24.0 Å². The summed E-state index contributed by atoms with van der Waals surface area (Å²) in [6, 6.07) is 0. The molecule has 30 heavy (non-hydrogen) atoms. The van der Waals surface area contributed by atoms with Gasteiger partial charge in [-0.3, -0.25) is 9.59 Å². The first kappa shape index (κ1) is 25.1. The maximum atomic E-state index is 13.1. The number of fused-ring (bicyclic) bond motifs is 1. The van der Waals surface area contributed by atoms with Crippen molar-refractivity contribution >= 4 is 11.8 Å². The predicted molar refractivity (Wildman–Crippen MR) is 118 cm³/mol. The Labute approximate surface area is 182 Å². The van der Waals surface area contributed by atoms with Crippen molar-refractivity contribution in [2.45, 2.75) is 105 Å². The molecule has 1 aliphatic carbocycles. The molecule has 0 bridgehead atoms. The number of cyclic esters (lactones) is 1. The van der Waals surface area contributed by atoms with E-state index in [0.717, 1.165) is 37.7 Å². The number of carbonyl (C=O) groups is 2. The molecule has 0 aromatic carbocycles. The van der Waals surface area contributed by atoms with E-state index in [2.05, 4.69) is 6.92 Å². The molecule has 172 valence electrons. The summed E-state index contributed by atoms with van der Waals surface area (Å²) in [6.07, 6.45) is 4.43. The van der Waals surface area contributed by atoms with E-state index < -0.39 is 29.5 Å². The summed E-state index contributed by atoms with van der Waals surface area (Å²) in [4.78, 5) is 25.7. The third-order valence-electron chi connectivity index (χ3n) is 8.02. The minimum absolute atomic E-state index is 0.00795. The highest BCUT2D eigenvalue weighted by molar-refractivity contribution is 5.88. The Balaban J connectivity index is 2.26. The van der Waals surface area contributed by atoms with Gasteiger partial charge in [0.1, 0.15) is 11.9 Å². The van der Waals surface area contributed by atoms with E-state index in [1.54, 1.807) is 20.8 Å². The Hall–Kier alpha value is -1.20. The number of carbonyl (C=O) groups excluding carboxylic acids is 2. The van der Waals surface area contributed by atoms with Crippen molar-refractivity contribution in [2.24, 2.45) is 28.6 Å². The molecule has 0 unspecified atom stereocenters. The SMILES string of the molecule is C/C=C(\C)[C@@H]1C[C@@H]2C[C@@]2(C)CCC[C@H](C)[C@H](O)[C@@H](C)C(=O)C(C)(C)[C@@H](O)CC(=O)O1. The number of rotatable bonds is 1. The number of aliphatic hydroxyl groups excluding tert-OH is 2. The van der Waals surface area contributed by atoms with E-state index in [-0.39, 0.29) is 29.6 Å². The quantitative estimate of drug-likeness (QED) is 0.482. The third-order valence-corrected chi connectivity index (χ3v) is 8.02. The van der Waals surface area contributed by atoms with E-state index >= 15 is 0 Å². The van der Waals surface area contributed by atoms with Crippen molar-refractivity contribution < 1.29 is 24.5 Å². The Morgan fingerprint density at radius 2 is 1.80 bits per heavy atom. The number of allylic oxidation sites excluding steroid dienone is 1. The van der Waals surface area contributed by atoms with E-state index in [0.29, 0.717) is 5.92 Å². The minimum Gasteiger partial charge on any atom is -0.458 e. The van der Waals surface area contributed by atoms with Gasteiger partial charge in [0.15, 0.2) is 0 Å². The summed E-state index contributed by atoms with van der Waals surface area (Å²) in [6.45, 7) is 13.2. The van der Waals surface area contributed by atoms with Crippen LogP contribution in [0.2, 0.25) is 0 Å². The standard InChI is InChI=1S/C25H42O5/c1-8-15(2)19-12-18-14-25(18,7)11-9-10-16(3)22(28)17(4)23(29)24(5,6)20(26)13-21(27)30-19/h8,16-20,22,26,28H,9-14H2,1-7H3/b15-8+/t16-,17+,18+,19-,20-,22-,25+/m0/s1. The van der Waals surface area contributed by atoms with Crippen LogP contribution >= 0.6 is 0 Å². The zero-order valence-corrected chi connectivity index (χ0v) is 19.9. The van der Waals surface area contributed by atoms with Crippen LogP contribution in [0.25, 0.3) is 0 Å². The van der Waals surface area contributed by atoms with Crippen molar-refractivity contribution in [2.75, 3.05) is 0 Å². The maximum Gasteiger partial charge on any atom is 0.309 e. The highest BCUT2D eigenvalue weighted by Gasteiger charge is 2.50. The fourth-order valence-electron chi connectivity index (χ4n) is 4.97. The van der Waals surface area contributed by atoms with Crippen LogP contribution in [0.3, 0.4) is 0 Å². The highest BCUT2D eigenvalue weighted by atomic mass is 16.5. The lowest BCUT2D eigenvalue weighted by molar-refractivity contribution is -0.154. The molecule has 0 aromatic rings. The lowest BCUT2D eigenvalue weighted by Crippen LogP contribution is -2.45. The zero-order chi connectivity index (χ0) is 22.9. The number of aliphatic hydroxyl groups is 2. The molecule has 1 aliphatic heterocycles. The van der Waals surface area contributed by atoms with E-state index in [1.165, 1.54) is 0 Å². The van der Waals surface area contributed by atoms with Crippen molar-refractivity contribution in [1.82, 2.24) is 0 Å². The molecule has 5 heteroatoms. The molecule has 2 aliphatic rings. The normalized spacial score (nSPS) is 41.7. The van der Waals surface area contributed by atoms with Crippen molar-refractivity contribution in [1.29, 1.82) is 0 Å². The second-order valence-corrected chi connectivity index (χ2v) is 10.8. The summed E-state index contributed by atoms with van der Waals surface area (Å²) < 4.78 is 5.78. The van der Waals surface area contributed by atoms with Gasteiger partial charge >= 0.3 is 5.97 Å². The first-order valence-corrected chi connectivity index (χ1v) is 11.6. The highest BCUT2D eigenvalue weighted by Crippen LogP contribution is 2.58. The monoisotopic (exact) mass is 422 g/mol. The minimum atomic E-state index is -1.16. The van der Waals surface area contributed by atoms with E-state index in [1.807, 2.05) is 26.8 Å². The molecule has 0 radical (unpaired) electrons. The van der Waals surface area contributed by atoms with Crippen molar-refractivity contribution in [3.63, 3.8) is 0 Å². The van der Waals surface area contributed by atoms with Gasteiger partial charge in [-0.15, -0.1) is 0 Å². The van der Waals surface area contributed by atoms with Crippen molar-refractivity contribution in [3.05, 3.63) is 11.6 Å². The number of Topliss-reactive ketones (excluding diaryl/α,β-unsaturated/α-hetero) is 1. The van der Waals surface area contributed by atoms with Crippen LogP contribution in [-0.2, 0) is 14.3 Å². The van der Waals surface area contributed by atoms with Gasteiger partial charge in [0.2, 0.25) is 0 Å². The summed E-state index contributed by atoms with van der Waals surface area (Å²) in [5.41, 5.74) is 0.133. The van der Waals surface area contributed by atoms with Gasteiger partial charge in [-0.25, -0.2) is 0 Å². The van der Waals surface area contributed by atoms with E-state index in [4.69, 9.17) is 4.74 Å². The van der Waals surface area contributed by atoms with Crippen LogP contribution < -0.4 is 0 Å². The summed E-state index contributed by atoms with van der Waals surface area (Å²) in [7, 11) is 0. The molecule has 0 spiro atoms. The first-order valence-electron chi connectivity index (χ1n) is 11.6. The average molecular weight is 423 g/mol. The molecule has 2 fully saturated rings. The third kappa shape index (κ3) is 5.53. The Morgan fingerprint density at radius 3 is 2.40 bits per heavy atom. The van der Waals surface area contributed by atoms with Crippen molar-refractivity contribution in [3.8, 4) is 0 Å². The van der Waals surface area contributed by atoms with Crippen LogP contribution in [0.4, 0.5) is 0 Å². The van der Waals surface area contributed by atoms with Gasteiger partial charge in [-0.2, -0.15) is 0 Å². The van der Waals surface area contributed by atoms with Crippen LogP contribution in [0, 0.1) is 28.6 Å². The van der Waals surface area contributed by atoms with Gasteiger partial charge in [0, 0.05) is 5.92 Å².